The van der Waals surface area contributed by atoms with Crippen molar-refractivity contribution >= 4 is 21.9 Å². The number of carboxylic acids is 1. The summed E-state index contributed by atoms with van der Waals surface area (Å²) < 4.78 is 12.5. The van der Waals surface area contributed by atoms with Gasteiger partial charge in [0.25, 0.3) is 0 Å². The minimum Gasteiger partial charge on any atom is -0.492 e. The smallest absolute Gasteiger partial charge is 0.314 e. The van der Waals surface area contributed by atoms with Gasteiger partial charge in [-0.1, -0.05) is 19.3 Å². The second kappa shape index (κ2) is 7.34. The first-order valence-electron chi connectivity index (χ1n) is 8.85. The molecule has 0 radical (unpaired) electrons. The summed E-state index contributed by atoms with van der Waals surface area (Å²) in [5.74, 6) is 0.591. The fourth-order valence-electron chi connectivity index (χ4n) is 4.10. The Bertz CT molecular complexity index is 602. The van der Waals surface area contributed by atoms with Crippen molar-refractivity contribution in [1.82, 2.24) is 0 Å². The lowest BCUT2D eigenvalue weighted by Crippen LogP contribution is -2.37. The second-order valence-electron chi connectivity index (χ2n) is 6.96. The van der Waals surface area contributed by atoms with Gasteiger partial charge in [0.2, 0.25) is 0 Å². The monoisotopic (exact) mass is 396 g/mol. The molecular formula is C19H25BrO4. The Kier molecular flexibility index (Phi) is 5.38. The number of benzene rings is 1. The number of ether oxygens (including phenoxy) is 2. The second-order valence-corrected chi connectivity index (χ2v) is 7.82. The van der Waals surface area contributed by atoms with Gasteiger partial charge >= 0.3 is 5.97 Å². The first-order chi connectivity index (χ1) is 11.6. The van der Waals surface area contributed by atoms with Gasteiger partial charge in [-0.2, -0.15) is 0 Å². The fourth-order valence-corrected chi connectivity index (χ4v) is 4.70. The Morgan fingerprint density at radius 2 is 1.83 bits per heavy atom. The highest BCUT2D eigenvalue weighted by Gasteiger charge is 2.42. The lowest BCUT2D eigenvalue weighted by molar-refractivity contribution is -0.145. The molecule has 2 fully saturated rings. The normalized spacial score (nSPS) is 20.8. The molecule has 2 aliphatic rings. The molecule has 3 rings (SSSR count). The standard InChI is InChI=1S/C19H25BrO4/c1-23-17-15(20)11-13(12-16(17)24-14-7-3-4-8-14)19(18(21)22)9-5-2-6-10-19/h11-12,14H,2-10H2,1H3,(H,21,22). The van der Waals surface area contributed by atoms with E-state index in [1.807, 2.05) is 12.1 Å². The third-order valence-electron chi connectivity index (χ3n) is 5.48. The first-order valence-corrected chi connectivity index (χ1v) is 9.64. The molecule has 5 heteroatoms. The molecule has 0 saturated heterocycles. The summed E-state index contributed by atoms with van der Waals surface area (Å²) in [6, 6.07) is 3.81. The van der Waals surface area contributed by atoms with Crippen LogP contribution >= 0.6 is 15.9 Å². The van der Waals surface area contributed by atoms with Crippen LogP contribution in [-0.4, -0.2) is 24.3 Å². The summed E-state index contributed by atoms with van der Waals surface area (Å²) in [6.45, 7) is 0. The van der Waals surface area contributed by atoms with Crippen molar-refractivity contribution < 1.29 is 19.4 Å². The molecule has 0 spiro atoms. The predicted octanol–water partition coefficient (Wildman–Crippen LogP) is 5.07. The molecule has 132 valence electrons. The van der Waals surface area contributed by atoms with E-state index in [9.17, 15) is 9.90 Å². The Morgan fingerprint density at radius 3 is 2.42 bits per heavy atom. The average Bonchev–Trinajstić information content (AvgIpc) is 3.08. The van der Waals surface area contributed by atoms with Gasteiger partial charge in [0, 0.05) is 0 Å². The van der Waals surface area contributed by atoms with Crippen LogP contribution in [0.25, 0.3) is 0 Å². The Hall–Kier alpha value is -1.23. The van der Waals surface area contributed by atoms with Crippen molar-refractivity contribution in [2.75, 3.05) is 7.11 Å². The number of carbonyl (C=O) groups is 1. The predicted molar refractivity (Wildman–Crippen MR) is 96.0 cm³/mol. The zero-order chi connectivity index (χ0) is 17.2. The van der Waals surface area contributed by atoms with Crippen LogP contribution in [0, 0.1) is 0 Å². The minimum absolute atomic E-state index is 0.202. The van der Waals surface area contributed by atoms with Crippen LogP contribution in [0.2, 0.25) is 0 Å². The largest absolute Gasteiger partial charge is 0.492 e. The summed E-state index contributed by atoms with van der Waals surface area (Å²) in [5.41, 5.74) is 0.0243. The van der Waals surface area contributed by atoms with Crippen LogP contribution in [0.3, 0.4) is 0 Å². The maximum Gasteiger partial charge on any atom is 0.314 e. The van der Waals surface area contributed by atoms with Gasteiger partial charge in [0.1, 0.15) is 0 Å². The molecule has 2 aliphatic carbocycles. The topological polar surface area (TPSA) is 55.8 Å². The summed E-state index contributed by atoms with van der Waals surface area (Å²) in [7, 11) is 1.62. The van der Waals surface area contributed by atoms with E-state index in [0.717, 1.165) is 42.1 Å². The van der Waals surface area contributed by atoms with E-state index in [-0.39, 0.29) is 6.10 Å². The zero-order valence-electron chi connectivity index (χ0n) is 14.1. The molecule has 0 atom stereocenters. The summed E-state index contributed by atoms with van der Waals surface area (Å²) in [5, 5.41) is 9.95. The molecule has 0 amide bonds. The van der Waals surface area contributed by atoms with Gasteiger partial charge in [0.05, 0.1) is 23.1 Å². The van der Waals surface area contributed by atoms with Crippen LogP contribution in [-0.2, 0) is 10.2 Å². The van der Waals surface area contributed by atoms with Crippen molar-refractivity contribution in [3.63, 3.8) is 0 Å². The van der Waals surface area contributed by atoms with Crippen molar-refractivity contribution in [3.05, 3.63) is 22.2 Å². The molecular weight excluding hydrogens is 372 g/mol. The van der Waals surface area contributed by atoms with Gasteiger partial charge in [-0.25, -0.2) is 0 Å². The van der Waals surface area contributed by atoms with E-state index < -0.39 is 11.4 Å². The SMILES string of the molecule is COc1c(Br)cc(C2(C(=O)O)CCCCC2)cc1OC1CCCC1. The van der Waals surface area contributed by atoms with Crippen LogP contribution in [0.15, 0.2) is 16.6 Å². The summed E-state index contributed by atoms with van der Waals surface area (Å²) in [4.78, 5) is 12.1. The average molecular weight is 397 g/mol. The van der Waals surface area contributed by atoms with E-state index in [2.05, 4.69) is 15.9 Å². The van der Waals surface area contributed by atoms with Crippen molar-refractivity contribution in [1.29, 1.82) is 0 Å². The third-order valence-corrected chi connectivity index (χ3v) is 6.07. The quantitative estimate of drug-likeness (QED) is 0.754. The minimum atomic E-state index is -0.805. The number of halogens is 1. The van der Waals surface area contributed by atoms with Crippen LogP contribution in [0.4, 0.5) is 0 Å². The van der Waals surface area contributed by atoms with E-state index in [0.29, 0.717) is 24.3 Å². The maximum absolute atomic E-state index is 12.1. The van der Waals surface area contributed by atoms with Crippen LogP contribution < -0.4 is 9.47 Å². The van der Waals surface area contributed by atoms with Crippen molar-refractivity contribution in [2.24, 2.45) is 0 Å². The molecule has 0 aromatic heterocycles. The number of carboxylic acid groups (broad SMARTS) is 1. The number of rotatable bonds is 5. The van der Waals surface area contributed by atoms with Crippen LogP contribution in [0.1, 0.15) is 63.4 Å². The highest BCUT2D eigenvalue weighted by Crippen LogP contribution is 2.46. The number of hydrogen-bond acceptors (Lipinski definition) is 3. The highest BCUT2D eigenvalue weighted by atomic mass is 79.9. The Labute approximate surface area is 151 Å². The number of methoxy groups -OCH3 is 1. The molecule has 2 saturated carbocycles. The molecule has 1 aromatic carbocycles. The van der Waals surface area contributed by atoms with Gasteiger partial charge in [0.15, 0.2) is 11.5 Å². The molecule has 0 aliphatic heterocycles. The summed E-state index contributed by atoms with van der Waals surface area (Å²) >= 11 is 3.55. The van der Waals surface area contributed by atoms with Gasteiger partial charge < -0.3 is 14.6 Å². The lowest BCUT2D eigenvalue weighted by atomic mass is 9.69. The molecule has 0 heterocycles. The third kappa shape index (κ3) is 3.28. The zero-order valence-corrected chi connectivity index (χ0v) is 15.7. The molecule has 4 nitrogen and oxygen atoms in total. The summed E-state index contributed by atoms with van der Waals surface area (Å²) in [6.07, 6.45) is 9.06. The van der Waals surface area contributed by atoms with E-state index in [1.54, 1.807) is 7.11 Å². The molecule has 0 bridgehead atoms. The van der Waals surface area contributed by atoms with Gasteiger partial charge in [-0.05, 0) is 72.2 Å². The van der Waals surface area contributed by atoms with E-state index in [1.165, 1.54) is 12.8 Å². The lowest BCUT2D eigenvalue weighted by Gasteiger charge is -2.34. The van der Waals surface area contributed by atoms with Gasteiger partial charge in [-0.15, -0.1) is 0 Å². The maximum atomic E-state index is 12.1. The van der Waals surface area contributed by atoms with Crippen LogP contribution in [0.5, 0.6) is 11.5 Å². The van der Waals surface area contributed by atoms with E-state index in [4.69, 9.17) is 9.47 Å². The number of aliphatic carboxylic acids is 1. The van der Waals surface area contributed by atoms with Crippen molar-refractivity contribution in [3.8, 4) is 11.5 Å². The molecule has 1 aromatic rings. The molecule has 1 N–H and O–H groups in total. The van der Waals surface area contributed by atoms with Crippen molar-refractivity contribution in [2.45, 2.75) is 69.3 Å². The first kappa shape index (κ1) is 17.6. The Balaban J connectivity index is 2.00. The fraction of sp³-hybridized carbons (Fsp3) is 0.632. The molecule has 0 unspecified atom stereocenters. The Morgan fingerprint density at radius 1 is 1.17 bits per heavy atom. The highest BCUT2D eigenvalue weighted by molar-refractivity contribution is 9.10. The van der Waals surface area contributed by atoms with Gasteiger partial charge in [-0.3, -0.25) is 4.79 Å². The molecule has 24 heavy (non-hydrogen) atoms. The van der Waals surface area contributed by atoms with E-state index >= 15 is 0 Å². The number of hydrogen-bond donors (Lipinski definition) is 1.